The van der Waals surface area contributed by atoms with E-state index in [1.807, 2.05) is 4.90 Å². The third-order valence-electron chi connectivity index (χ3n) is 4.04. The van der Waals surface area contributed by atoms with Crippen LogP contribution in [0.3, 0.4) is 0 Å². The topological polar surface area (TPSA) is 70.7 Å². The summed E-state index contributed by atoms with van der Waals surface area (Å²) < 4.78 is 45.5. The van der Waals surface area contributed by atoms with Gasteiger partial charge in [0.05, 0.1) is 18.8 Å². The zero-order valence-electron chi connectivity index (χ0n) is 14.7. The second kappa shape index (κ2) is 8.39. The third-order valence-corrected chi connectivity index (χ3v) is 4.04. The molecule has 1 atom stereocenters. The van der Waals surface area contributed by atoms with Crippen LogP contribution in [0.25, 0.3) is 0 Å². The number of nitrogens with zero attached hydrogens (tertiary/aromatic N) is 1. The van der Waals surface area contributed by atoms with Gasteiger partial charge in [0.15, 0.2) is 0 Å². The van der Waals surface area contributed by atoms with Gasteiger partial charge in [0.25, 0.3) is 0 Å². The molecular formula is C17H22F3N3O3. The Kier molecular flexibility index (Phi) is 6.47. The van der Waals surface area contributed by atoms with Crippen molar-refractivity contribution in [1.29, 1.82) is 0 Å². The van der Waals surface area contributed by atoms with Crippen LogP contribution in [0.2, 0.25) is 0 Å². The Morgan fingerprint density at radius 3 is 2.50 bits per heavy atom. The number of alkyl halides is 3. The van der Waals surface area contributed by atoms with Gasteiger partial charge in [0, 0.05) is 32.2 Å². The smallest absolute Gasteiger partial charge is 0.378 e. The molecule has 1 fully saturated rings. The fourth-order valence-electron chi connectivity index (χ4n) is 2.71. The average molecular weight is 373 g/mol. The molecule has 2 N–H and O–H groups in total. The van der Waals surface area contributed by atoms with E-state index in [1.165, 1.54) is 19.9 Å². The van der Waals surface area contributed by atoms with Crippen LogP contribution in [0.4, 0.5) is 18.9 Å². The van der Waals surface area contributed by atoms with Crippen molar-refractivity contribution in [2.75, 3.05) is 31.2 Å². The minimum absolute atomic E-state index is 0.0297. The fraction of sp³-hybridized carbons (Fsp3) is 0.529. The summed E-state index contributed by atoms with van der Waals surface area (Å²) in [5.74, 6) is -0.941. The van der Waals surface area contributed by atoms with Crippen LogP contribution in [0.5, 0.6) is 0 Å². The molecule has 0 spiro atoms. The summed E-state index contributed by atoms with van der Waals surface area (Å²) in [6, 6.07) is 3.26. The van der Waals surface area contributed by atoms with Gasteiger partial charge in [-0.15, -0.1) is 0 Å². The SMILES string of the molecule is CC(=O)NC(C)C(=O)NCc1ccc(N2CCOCC2)cc1C(F)(F)F. The lowest BCUT2D eigenvalue weighted by atomic mass is 10.0. The van der Waals surface area contributed by atoms with E-state index in [0.29, 0.717) is 32.0 Å². The Bertz CT molecular complexity index is 658. The number of halogens is 3. The molecule has 0 saturated carbocycles. The minimum atomic E-state index is -4.54. The molecule has 0 bridgehead atoms. The van der Waals surface area contributed by atoms with Gasteiger partial charge in [-0.1, -0.05) is 6.07 Å². The molecule has 0 aliphatic carbocycles. The van der Waals surface area contributed by atoms with E-state index in [-0.39, 0.29) is 12.1 Å². The maximum absolute atomic E-state index is 13.4. The summed E-state index contributed by atoms with van der Waals surface area (Å²) in [5, 5.41) is 4.81. The number of hydrogen-bond acceptors (Lipinski definition) is 4. The summed E-state index contributed by atoms with van der Waals surface area (Å²) in [5.41, 5.74) is -0.339. The zero-order chi connectivity index (χ0) is 19.3. The van der Waals surface area contributed by atoms with Crippen LogP contribution < -0.4 is 15.5 Å². The summed E-state index contributed by atoms with van der Waals surface area (Å²) in [7, 11) is 0. The molecule has 1 aromatic rings. The molecular weight excluding hydrogens is 351 g/mol. The third kappa shape index (κ3) is 5.35. The molecule has 0 radical (unpaired) electrons. The quantitative estimate of drug-likeness (QED) is 0.824. The maximum atomic E-state index is 13.4. The van der Waals surface area contributed by atoms with Crippen molar-refractivity contribution >= 4 is 17.5 Å². The van der Waals surface area contributed by atoms with E-state index in [0.717, 1.165) is 6.07 Å². The van der Waals surface area contributed by atoms with Crippen LogP contribution in [0.15, 0.2) is 18.2 Å². The number of benzene rings is 1. The number of amides is 2. The van der Waals surface area contributed by atoms with Gasteiger partial charge in [-0.25, -0.2) is 0 Å². The van der Waals surface area contributed by atoms with Crippen LogP contribution in [0, 0.1) is 0 Å². The first-order valence-corrected chi connectivity index (χ1v) is 8.26. The minimum Gasteiger partial charge on any atom is -0.378 e. The molecule has 0 aromatic heterocycles. The summed E-state index contributed by atoms with van der Waals surface area (Å²) in [4.78, 5) is 24.7. The predicted octanol–water partition coefficient (Wildman–Crippen LogP) is 1.68. The highest BCUT2D eigenvalue weighted by atomic mass is 19.4. The van der Waals surface area contributed by atoms with Crippen molar-refractivity contribution in [3.63, 3.8) is 0 Å². The Balaban J connectivity index is 2.14. The normalized spacial score (nSPS) is 16.1. The second-order valence-corrected chi connectivity index (χ2v) is 6.08. The monoisotopic (exact) mass is 373 g/mol. The molecule has 1 heterocycles. The zero-order valence-corrected chi connectivity index (χ0v) is 14.7. The Labute approximate surface area is 149 Å². The predicted molar refractivity (Wildman–Crippen MR) is 89.6 cm³/mol. The van der Waals surface area contributed by atoms with Crippen molar-refractivity contribution in [2.45, 2.75) is 32.6 Å². The summed E-state index contributed by atoms with van der Waals surface area (Å²) in [6.07, 6.45) is -4.54. The number of ether oxygens (including phenoxy) is 1. The molecule has 1 aromatic carbocycles. The molecule has 1 saturated heterocycles. The van der Waals surface area contributed by atoms with Gasteiger partial charge in [-0.05, 0) is 24.6 Å². The van der Waals surface area contributed by atoms with E-state index in [4.69, 9.17) is 4.74 Å². The Morgan fingerprint density at radius 2 is 1.92 bits per heavy atom. The van der Waals surface area contributed by atoms with Crippen molar-refractivity contribution in [1.82, 2.24) is 10.6 Å². The van der Waals surface area contributed by atoms with Crippen LogP contribution in [-0.4, -0.2) is 44.2 Å². The number of carbonyl (C=O) groups is 2. The van der Waals surface area contributed by atoms with Gasteiger partial charge in [-0.2, -0.15) is 13.2 Å². The average Bonchev–Trinajstić information content (AvgIpc) is 2.59. The summed E-state index contributed by atoms with van der Waals surface area (Å²) in [6.45, 7) is 4.45. The fourth-order valence-corrected chi connectivity index (χ4v) is 2.71. The summed E-state index contributed by atoms with van der Waals surface area (Å²) >= 11 is 0. The highest BCUT2D eigenvalue weighted by molar-refractivity contribution is 5.86. The van der Waals surface area contributed by atoms with Gasteiger partial charge in [-0.3, -0.25) is 9.59 Å². The van der Waals surface area contributed by atoms with Gasteiger partial charge in [0.1, 0.15) is 6.04 Å². The number of carbonyl (C=O) groups excluding carboxylic acids is 2. The van der Waals surface area contributed by atoms with Crippen LogP contribution in [-0.2, 0) is 27.0 Å². The lowest BCUT2D eigenvalue weighted by molar-refractivity contribution is -0.138. The van der Waals surface area contributed by atoms with E-state index < -0.39 is 29.6 Å². The van der Waals surface area contributed by atoms with Gasteiger partial charge in [0.2, 0.25) is 11.8 Å². The lowest BCUT2D eigenvalue weighted by Gasteiger charge is -2.29. The molecule has 26 heavy (non-hydrogen) atoms. The first kappa shape index (κ1) is 20.0. The lowest BCUT2D eigenvalue weighted by Crippen LogP contribution is -2.43. The maximum Gasteiger partial charge on any atom is 0.416 e. The molecule has 2 amide bonds. The number of nitrogens with one attached hydrogen (secondary N) is 2. The standard InChI is InChI=1S/C17H22F3N3O3/c1-11(22-12(2)24)16(25)21-10-13-3-4-14(9-15(13)17(18,19)20)23-5-7-26-8-6-23/h3-4,9,11H,5-8,10H2,1-2H3,(H,21,25)(H,22,24). The highest BCUT2D eigenvalue weighted by Crippen LogP contribution is 2.35. The molecule has 144 valence electrons. The van der Waals surface area contributed by atoms with Crippen molar-refractivity contribution in [3.8, 4) is 0 Å². The number of hydrogen-bond donors (Lipinski definition) is 2. The van der Waals surface area contributed by atoms with Gasteiger partial charge >= 0.3 is 6.18 Å². The highest BCUT2D eigenvalue weighted by Gasteiger charge is 2.34. The van der Waals surface area contributed by atoms with Crippen molar-refractivity contribution in [3.05, 3.63) is 29.3 Å². The number of rotatable bonds is 5. The second-order valence-electron chi connectivity index (χ2n) is 6.08. The Hall–Kier alpha value is -2.29. The van der Waals surface area contributed by atoms with E-state index in [2.05, 4.69) is 10.6 Å². The van der Waals surface area contributed by atoms with E-state index in [9.17, 15) is 22.8 Å². The first-order chi connectivity index (χ1) is 12.2. The Morgan fingerprint density at radius 1 is 1.27 bits per heavy atom. The van der Waals surface area contributed by atoms with Crippen molar-refractivity contribution in [2.24, 2.45) is 0 Å². The molecule has 9 heteroatoms. The first-order valence-electron chi connectivity index (χ1n) is 8.26. The molecule has 6 nitrogen and oxygen atoms in total. The van der Waals surface area contributed by atoms with Crippen molar-refractivity contribution < 1.29 is 27.5 Å². The molecule has 1 aliphatic heterocycles. The van der Waals surface area contributed by atoms with E-state index in [1.54, 1.807) is 6.07 Å². The molecule has 1 aliphatic rings. The molecule has 1 unspecified atom stereocenters. The van der Waals surface area contributed by atoms with E-state index >= 15 is 0 Å². The number of morpholine rings is 1. The van der Waals surface area contributed by atoms with Crippen LogP contribution in [0.1, 0.15) is 25.0 Å². The molecule has 2 rings (SSSR count). The van der Waals surface area contributed by atoms with Crippen LogP contribution >= 0.6 is 0 Å². The largest absolute Gasteiger partial charge is 0.416 e. The van der Waals surface area contributed by atoms with Gasteiger partial charge < -0.3 is 20.3 Å². The number of anilines is 1.